The molecule has 1 fully saturated rings. The minimum absolute atomic E-state index is 0.0995. The number of aliphatic carboxylic acids is 1. The van der Waals surface area contributed by atoms with Crippen molar-refractivity contribution in [2.45, 2.75) is 122 Å². The number of aromatic nitrogens is 1. The molecule has 2 heterocycles. The quantitative estimate of drug-likeness (QED) is 0.146. The van der Waals surface area contributed by atoms with Gasteiger partial charge in [-0.25, -0.2) is 4.98 Å². The van der Waals surface area contributed by atoms with Gasteiger partial charge in [0.2, 0.25) is 11.8 Å². The number of rotatable bonds is 16. The van der Waals surface area contributed by atoms with Gasteiger partial charge in [0.1, 0.15) is 16.7 Å². The van der Waals surface area contributed by atoms with Crippen LogP contribution in [-0.2, 0) is 36.9 Å². The molecule has 1 aliphatic carbocycles. The number of likely N-dealkylation sites (N-methyl/N-ethyl adjacent to an activating group) is 1. The van der Waals surface area contributed by atoms with Crippen LogP contribution in [0.3, 0.4) is 0 Å². The maximum Gasteiger partial charge on any atom is 0.311 e. The minimum Gasteiger partial charge on any atom is -0.481 e. The van der Waals surface area contributed by atoms with E-state index in [0.29, 0.717) is 17.8 Å². The van der Waals surface area contributed by atoms with Crippen LogP contribution in [-0.4, -0.2) is 87.3 Å². The van der Waals surface area contributed by atoms with Gasteiger partial charge >= 0.3 is 11.9 Å². The van der Waals surface area contributed by atoms with Crippen LogP contribution in [0.4, 0.5) is 0 Å². The maximum atomic E-state index is 14.9. The second-order valence-corrected chi connectivity index (χ2v) is 16.6. The van der Waals surface area contributed by atoms with E-state index in [2.05, 4.69) is 20.5 Å². The number of esters is 1. The van der Waals surface area contributed by atoms with Gasteiger partial charge in [0.15, 0.2) is 6.10 Å². The van der Waals surface area contributed by atoms with Gasteiger partial charge < -0.3 is 25.4 Å². The summed E-state index contributed by atoms with van der Waals surface area (Å²) in [5.41, 5.74) is 2.70. The first-order chi connectivity index (χ1) is 26.8. The number of carbonyl (C=O) groups excluding carboxylic acids is 4. The van der Waals surface area contributed by atoms with Crippen molar-refractivity contribution >= 4 is 41.0 Å². The first-order valence-electron chi connectivity index (χ1n) is 19.9. The molecule has 1 aliphatic heterocycles. The molecule has 3 amide bonds. The molecule has 1 aromatic heterocycles. The van der Waals surface area contributed by atoms with E-state index in [0.717, 1.165) is 42.5 Å². The van der Waals surface area contributed by atoms with Crippen molar-refractivity contribution in [3.63, 3.8) is 0 Å². The summed E-state index contributed by atoms with van der Waals surface area (Å²) in [5, 5.41) is 18.1. The number of piperidine rings is 1. The van der Waals surface area contributed by atoms with Crippen LogP contribution in [0.1, 0.15) is 117 Å². The Bertz CT molecular complexity index is 1830. The van der Waals surface area contributed by atoms with Crippen LogP contribution in [0, 0.1) is 11.8 Å². The van der Waals surface area contributed by atoms with Crippen LogP contribution in [0.15, 0.2) is 60.0 Å². The average Bonchev–Trinajstić information content (AvgIpc) is 3.68. The number of likely N-dealkylation sites (tertiary alicyclic amines) is 1. The van der Waals surface area contributed by atoms with E-state index in [9.17, 15) is 29.1 Å². The molecule has 1 saturated heterocycles. The van der Waals surface area contributed by atoms with Gasteiger partial charge in [-0.2, -0.15) is 0 Å². The smallest absolute Gasteiger partial charge is 0.311 e. The molecular weight excluding hydrogens is 731 g/mol. The number of carboxylic acid groups (broad SMARTS) is 1. The molecule has 7 atom stereocenters. The lowest BCUT2D eigenvalue weighted by atomic mass is 9.80. The van der Waals surface area contributed by atoms with E-state index < -0.39 is 48.0 Å². The van der Waals surface area contributed by atoms with Gasteiger partial charge in [-0.05, 0) is 67.8 Å². The number of hydrogen-bond donors (Lipinski definition) is 3. The molecule has 0 saturated carbocycles. The molecule has 0 spiro atoms. The largest absolute Gasteiger partial charge is 0.481 e. The first-order valence-corrected chi connectivity index (χ1v) is 20.7. The molecule has 13 heteroatoms. The van der Waals surface area contributed by atoms with Crippen LogP contribution < -0.4 is 10.6 Å². The lowest BCUT2D eigenvalue weighted by molar-refractivity contribution is -0.150. The highest BCUT2D eigenvalue weighted by Gasteiger charge is 2.39. The highest BCUT2D eigenvalue weighted by atomic mass is 32.1. The number of hydrogen-bond acceptors (Lipinski definition) is 9. The zero-order valence-electron chi connectivity index (χ0n) is 33.4. The number of benzene rings is 2. The van der Waals surface area contributed by atoms with Gasteiger partial charge in [-0.1, -0.05) is 95.1 Å². The van der Waals surface area contributed by atoms with E-state index in [4.69, 9.17) is 4.74 Å². The third kappa shape index (κ3) is 10.6. The Morgan fingerprint density at radius 2 is 1.75 bits per heavy atom. The van der Waals surface area contributed by atoms with Gasteiger partial charge in [0.25, 0.3) is 5.91 Å². The van der Waals surface area contributed by atoms with Crippen molar-refractivity contribution in [3.05, 3.63) is 87.4 Å². The van der Waals surface area contributed by atoms with Gasteiger partial charge in [0, 0.05) is 37.4 Å². The summed E-state index contributed by atoms with van der Waals surface area (Å²) < 4.78 is 5.90. The normalized spacial score (nSPS) is 20.5. The number of carboxylic acids is 1. The summed E-state index contributed by atoms with van der Waals surface area (Å²) in [4.78, 5) is 75.5. The number of thiazole rings is 1. The molecule has 2 aliphatic rings. The molecule has 302 valence electrons. The summed E-state index contributed by atoms with van der Waals surface area (Å²) in [6.07, 6.45) is 3.48. The first kappa shape index (κ1) is 42.5. The monoisotopic (exact) mass is 787 g/mol. The second kappa shape index (κ2) is 19.5. The Hall–Kier alpha value is -4.62. The van der Waals surface area contributed by atoms with Crippen molar-refractivity contribution in [1.82, 2.24) is 25.4 Å². The molecule has 3 aromatic rings. The summed E-state index contributed by atoms with van der Waals surface area (Å²) in [7, 11) is 1.95. The average molecular weight is 788 g/mol. The van der Waals surface area contributed by atoms with E-state index in [1.807, 2.05) is 94.2 Å². The number of ether oxygens (including phenoxy) is 1. The molecular formula is C43H57N5O7S. The fourth-order valence-electron chi connectivity index (χ4n) is 8.00. The number of amides is 3. The van der Waals surface area contributed by atoms with Gasteiger partial charge in [-0.3, -0.25) is 28.9 Å². The summed E-state index contributed by atoms with van der Waals surface area (Å²) in [6, 6.07) is 15.1. The SMILES string of the molecule is CCC(C)C(NC(=O)C1CCCCN1C)C(=O)N(Cc1ccccc1)[C@H](C[C@@H](OC(C)=O)c1nc(C(=O)N[C@H]2Cc3ccccc3[C@H](C(=O)O)C2)cs1)C(C)C. The highest BCUT2D eigenvalue weighted by Crippen LogP contribution is 2.34. The molecule has 56 heavy (non-hydrogen) atoms. The Labute approximate surface area is 334 Å². The predicted molar refractivity (Wildman–Crippen MR) is 215 cm³/mol. The third-order valence-electron chi connectivity index (χ3n) is 11.3. The molecule has 0 bridgehead atoms. The summed E-state index contributed by atoms with van der Waals surface area (Å²) >= 11 is 1.19. The fraction of sp³-hybridized carbons (Fsp3) is 0.535. The number of carbonyl (C=O) groups is 5. The van der Waals surface area contributed by atoms with Gasteiger partial charge in [-0.15, -0.1) is 11.3 Å². The van der Waals surface area contributed by atoms with Crippen molar-refractivity contribution < 1.29 is 33.8 Å². The van der Waals surface area contributed by atoms with E-state index in [1.54, 1.807) is 5.38 Å². The van der Waals surface area contributed by atoms with Crippen LogP contribution in [0.5, 0.6) is 0 Å². The van der Waals surface area contributed by atoms with Gasteiger partial charge in [0.05, 0.1) is 12.0 Å². The van der Waals surface area contributed by atoms with Crippen LogP contribution in [0.2, 0.25) is 0 Å². The maximum absolute atomic E-state index is 14.9. The van der Waals surface area contributed by atoms with E-state index in [1.165, 1.54) is 18.3 Å². The van der Waals surface area contributed by atoms with Crippen molar-refractivity contribution in [1.29, 1.82) is 0 Å². The van der Waals surface area contributed by atoms with Crippen molar-refractivity contribution in [3.8, 4) is 0 Å². The Balaban J connectivity index is 1.41. The Kier molecular flexibility index (Phi) is 14.8. The zero-order chi connectivity index (χ0) is 40.5. The zero-order valence-corrected chi connectivity index (χ0v) is 34.2. The van der Waals surface area contributed by atoms with Crippen molar-refractivity contribution in [2.75, 3.05) is 13.6 Å². The number of fused-ring (bicyclic) bond motifs is 1. The Morgan fingerprint density at radius 3 is 2.41 bits per heavy atom. The molecule has 2 aromatic carbocycles. The van der Waals surface area contributed by atoms with Crippen LogP contribution in [0.25, 0.3) is 0 Å². The molecule has 12 nitrogen and oxygen atoms in total. The third-order valence-corrected chi connectivity index (χ3v) is 12.3. The topological polar surface area (TPSA) is 158 Å². The standard InChI is InChI=1S/C43H57N5O7S/c1-7-27(4)38(46-40(51)35-19-13-14-20-47(35)6)42(52)48(24-29-15-9-8-10-16-29)36(26(2)3)23-37(55-28(5)49)41-45-34(25-56-41)39(50)44-31-21-30-17-11-12-18-32(30)33(22-31)43(53)54/h8-12,15-18,25-27,31,33,35-38H,7,13-14,19-24H2,1-6H3,(H,44,50)(H,46,51)(H,53,54)/t27?,31-,33+,35?,36+,37+,38?/m0/s1. The lowest BCUT2D eigenvalue weighted by Gasteiger charge is -2.40. The minimum atomic E-state index is -0.939. The predicted octanol–water partition coefficient (Wildman–Crippen LogP) is 6.12. The number of nitrogens with zero attached hydrogens (tertiary/aromatic N) is 3. The number of nitrogens with one attached hydrogen (secondary N) is 2. The lowest BCUT2D eigenvalue weighted by Crippen LogP contribution is -2.58. The highest BCUT2D eigenvalue weighted by molar-refractivity contribution is 7.09. The molecule has 0 radical (unpaired) electrons. The molecule has 3 unspecified atom stereocenters. The van der Waals surface area contributed by atoms with E-state index in [-0.39, 0.29) is 54.8 Å². The second-order valence-electron chi connectivity index (χ2n) is 15.7. The van der Waals surface area contributed by atoms with E-state index >= 15 is 0 Å². The Morgan fingerprint density at radius 1 is 1.04 bits per heavy atom. The summed E-state index contributed by atoms with van der Waals surface area (Å²) in [5.74, 6) is -3.25. The summed E-state index contributed by atoms with van der Waals surface area (Å²) in [6.45, 7) is 10.4. The fourth-order valence-corrected chi connectivity index (χ4v) is 8.84. The molecule has 3 N–H and O–H groups in total. The molecule has 5 rings (SSSR count). The van der Waals surface area contributed by atoms with Crippen LogP contribution >= 0.6 is 11.3 Å². The van der Waals surface area contributed by atoms with Crippen molar-refractivity contribution in [2.24, 2.45) is 11.8 Å².